The highest BCUT2D eigenvalue weighted by Crippen LogP contribution is 2.27. The predicted molar refractivity (Wildman–Crippen MR) is 131 cm³/mol. The predicted octanol–water partition coefficient (Wildman–Crippen LogP) is 6.30. The molecular weight excluding hydrogens is 452 g/mol. The summed E-state index contributed by atoms with van der Waals surface area (Å²) >= 11 is 5.95. The molecule has 0 amide bonds. The van der Waals surface area contributed by atoms with Crippen LogP contribution in [0, 0.1) is 0 Å². The van der Waals surface area contributed by atoms with Crippen molar-refractivity contribution in [2.75, 3.05) is 19.8 Å². The van der Waals surface area contributed by atoms with Crippen molar-refractivity contribution in [3.8, 4) is 34.2 Å². The second-order valence-corrected chi connectivity index (χ2v) is 8.33. The minimum atomic E-state index is 0.236. The fraction of sp³-hybridized carbons (Fsp3) is 0.222. The molecule has 174 valence electrons. The lowest BCUT2D eigenvalue weighted by atomic mass is 10.1. The van der Waals surface area contributed by atoms with Gasteiger partial charge in [0.25, 0.3) is 0 Å². The molecular formula is C27H25ClN2O4. The molecule has 1 saturated heterocycles. The molecule has 4 aromatic rings. The summed E-state index contributed by atoms with van der Waals surface area (Å²) < 4.78 is 24.6. The Morgan fingerprint density at radius 2 is 1.59 bits per heavy atom. The van der Waals surface area contributed by atoms with E-state index >= 15 is 0 Å². The average Bonchev–Trinajstić information content (AvgIpc) is 3.61. The van der Waals surface area contributed by atoms with E-state index < -0.39 is 0 Å². The van der Waals surface area contributed by atoms with Crippen LogP contribution in [0.15, 0.2) is 79.0 Å². The monoisotopic (exact) mass is 476 g/mol. The number of halogens is 1. The zero-order valence-electron chi connectivity index (χ0n) is 18.8. The highest BCUT2D eigenvalue weighted by Gasteiger charge is 2.23. The zero-order chi connectivity index (χ0) is 23.3. The van der Waals surface area contributed by atoms with Crippen LogP contribution >= 0.6 is 11.6 Å². The topological polar surface area (TPSA) is 58.0 Å². The van der Waals surface area contributed by atoms with Crippen LogP contribution in [0.25, 0.3) is 16.9 Å². The Balaban J connectivity index is 1.35. The van der Waals surface area contributed by atoms with Crippen LogP contribution in [0.4, 0.5) is 0 Å². The average molecular weight is 477 g/mol. The van der Waals surface area contributed by atoms with Gasteiger partial charge in [0.05, 0.1) is 12.3 Å². The maximum Gasteiger partial charge on any atom is 0.140 e. The second kappa shape index (κ2) is 10.3. The molecule has 0 radical (unpaired) electrons. The summed E-state index contributed by atoms with van der Waals surface area (Å²) in [4.78, 5) is 4.84. The molecule has 1 unspecified atom stereocenters. The molecule has 0 N–H and O–H groups in total. The van der Waals surface area contributed by atoms with Gasteiger partial charge in [-0.05, 0) is 79.7 Å². The van der Waals surface area contributed by atoms with Crippen LogP contribution in [0.3, 0.4) is 0 Å². The van der Waals surface area contributed by atoms with E-state index in [0.717, 1.165) is 46.6 Å². The van der Waals surface area contributed by atoms with Gasteiger partial charge >= 0.3 is 0 Å². The lowest BCUT2D eigenvalue weighted by molar-refractivity contribution is 0.127. The maximum absolute atomic E-state index is 5.95. The number of ether oxygens (including phenoxy) is 4. The molecule has 1 aromatic heterocycles. The van der Waals surface area contributed by atoms with E-state index in [1.807, 2.05) is 78.4 Å². The van der Waals surface area contributed by atoms with Gasteiger partial charge in [-0.2, -0.15) is 0 Å². The van der Waals surface area contributed by atoms with Gasteiger partial charge in [0.2, 0.25) is 0 Å². The number of nitrogens with zero attached hydrogens (tertiary/aromatic N) is 2. The van der Waals surface area contributed by atoms with Gasteiger partial charge in [-0.1, -0.05) is 11.6 Å². The molecule has 6 nitrogen and oxygen atoms in total. The van der Waals surface area contributed by atoms with Crippen LogP contribution in [-0.2, 0) is 16.1 Å². The third kappa shape index (κ3) is 5.59. The molecule has 1 aliphatic heterocycles. The molecule has 0 spiro atoms. The Morgan fingerprint density at radius 1 is 0.941 bits per heavy atom. The third-order valence-corrected chi connectivity index (χ3v) is 5.62. The first-order valence-electron chi connectivity index (χ1n) is 11.2. The number of imidazole rings is 1. The Morgan fingerprint density at radius 3 is 2.24 bits per heavy atom. The Bertz CT molecular complexity index is 1220. The van der Waals surface area contributed by atoms with E-state index in [1.165, 1.54) is 0 Å². The van der Waals surface area contributed by atoms with Crippen molar-refractivity contribution in [1.82, 2.24) is 9.55 Å². The van der Waals surface area contributed by atoms with Crippen molar-refractivity contribution >= 4 is 11.6 Å². The van der Waals surface area contributed by atoms with E-state index in [-0.39, 0.29) is 6.10 Å². The normalized spacial score (nSPS) is 14.7. The summed E-state index contributed by atoms with van der Waals surface area (Å²) in [5.74, 6) is 3.13. The minimum Gasteiger partial charge on any atom is -0.491 e. The van der Waals surface area contributed by atoms with Gasteiger partial charge in [0.1, 0.15) is 42.4 Å². The van der Waals surface area contributed by atoms with Gasteiger partial charge < -0.3 is 23.5 Å². The molecule has 1 fully saturated rings. The smallest absolute Gasteiger partial charge is 0.140 e. The molecule has 7 heteroatoms. The van der Waals surface area contributed by atoms with Crippen LogP contribution in [-0.4, -0.2) is 35.5 Å². The van der Waals surface area contributed by atoms with Gasteiger partial charge in [-0.15, -0.1) is 0 Å². The minimum absolute atomic E-state index is 0.236. The van der Waals surface area contributed by atoms with Gasteiger partial charge in [-0.25, -0.2) is 4.98 Å². The van der Waals surface area contributed by atoms with E-state index in [9.17, 15) is 0 Å². The molecule has 3 aromatic carbocycles. The van der Waals surface area contributed by atoms with Crippen molar-refractivity contribution in [3.05, 3.63) is 89.8 Å². The molecule has 1 aliphatic rings. The largest absolute Gasteiger partial charge is 0.491 e. The Kier molecular flexibility index (Phi) is 6.81. The van der Waals surface area contributed by atoms with Crippen LogP contribution in [0.1, 0.15) is 12.7 Å². The SMILES string of the molecule is CCOCc1nc(-c2ccc(OCC3CO3)cc2)cn1-c1ccc(Oc2ccc(Cl)cc2)cc1. The number of rotatable bonds is 10. The summed E-state index contributed by atoms with van der Waals surface area (Å²) in [6.07, 6.45) is 2.26. The highest BCUT2D eigenvalue weighted by atomic mass is 35.5. The highest BCUT2D eigenvalue weighted by molar-refractivity contribution is 6.30. The van der Waals surface area contributed by atoms with Crippen LogP contribution in [0.2, 0.25) is 5.02 Å². The Hall–Kier alpha value is -3.32. The van der Waals surface area contributed by atoms with E-state index in [1.54, 1.807) is 12.1 Å². The van der Waals surface area contributed by atoms with E-state index in [4.69, 9.17) is 35.5 Å². The Labute approximate surface area is 203 Å². The van der Waals surface area contributed by atoms with Crippen LogP contribution in [0.5, 0.6) is 17.2 Å². The molecule has 0 saturated carbocycles. The molecule has 5 rings (SSSR count). The summed E-state index contributed by atoms with van der Waals surface area (Å²) in [5, 5.41) is 0.676. The molecule has 0 bridgehead atoms. The molecule has 2 heterocycles. The lowest BCUT2D eigenvalue weighted by Crippen LogP contribution is -2.03. The summed E-state index contributed by atoms with van der Waals surface area (Å²) in [6, 6.07) is 23.1. The lowest BCUT2D eigenvalue weighted by Gasteiger charge is -2.10. The van der Waals surface area contributed by atoms with E-state index in [2.05, 4.69) is 0 Å². The number of hydrogen-bond acceptors (Lipinski definition) is 5. The van der Waals surface area contributed by atoms with Crippen molar-refractivity contribution in [3.63, 3.8) is 0 Å². The first-order chi connectivity index (χ1) is 16.7. The quantitative estimate of drug-likeness (QED) is 0.251. The summed E-state index contributed by atoms with van der Waals surface area (Å²) in [7, 11) is 0. The second-order valence-electron chi connectivity index (χ2n) is 7.89. The standard InChI is InChI=1S/C27H25ClN2O4/c1-2-31-18-27-29-26(19-3-9-22(10-4-19)32-16-25-17-33-25)15-30(27)21-7-13-24(14-8-21)34-23-11-5-20(28)6-12-23/h3-15,25H,2,16-18H2,1H3. The molecule has 0 aliphatic carbocycles. The summed E-state index contributed by atoms with van der Waals surface area (Å²) in [5.41, 5.74) is 2.85. The van der Waals surface area contributed by atoms with Crippen LogP contribution < -0.4 is 9.47 Å². The van der Waals surface area contributed by atoms with Crippen molar-refractivity contribution in [1.29, 1.82) is 0 Å². The van der Waals surface area contributed by atoms with E-state index in [0.29, 0.717) is 24.8 Å². The van der Waals surface area contributed by atoms with Crippen molar-refractivity contribution in [2.24, 2.45) is 0 Å². The fourth-order valence-corrected chi connectivity index (χ4v) is 3.59. The number of epoxide rings is 1. The third-order valence-electron chi connectivity index (χ3n) is 5.37. The molecule has 1 atom stereocenters. The van der Waals surface area contributed by atoms with Gasteiger partial charge in [-0.3, -0.25) is 0 Å². The number of aromatic nitrogens is 2. The maximum atomic E-state index is 5.95. The summed E-state index contributed by atoms with van der Waals surface area (Å²) in [6.45, 7) is 4.38. The number of benzene rings is 3. The zero-order valence-corrected chi connectivity index (χ0v) is 19.6. The first-order valence-corrected chi connectivity index (χ1v) is 11.6. The van der Waals surface area contributed by atoms with Crippen molar-refractivity contribution in [2.45, 2.75) is 19.6 Å². The van der Waals surface area contributed by atoms with Gasteiger partial charge in [0, 0.05) is 29.1 Å². The van der Waals surface area contributed by atoms with Gasteiger partial charge in [0.15, 0.2) is 0 Å². The molecule has 34 heavy (non-hydrogen) atoms. The van der Waals surface area contributed by atoms with Crippen molar-refractivity contribution < 1.29 is 18.9 Å². The number of hydrogen-bond donors (Lipinski definition) is 0. The first kappa shape index (κ1) is 22.5. The fourth-order valence-electron chi connectivity index (χ4n) is 3.47.